The third-order valence-corrected chi connectivity index (χ3v) is 3.36. The van der Waals surface area contributed by atoms with E-state index in [1.54, 1.807) is 0 Å². The molecule has 1 aromatic heterocycles. The van der Waals surface area contributed by atoms with E-state index in [0.29, 0.717) is 6.54 Å². The zero-order chi connectivity index (χ0) is 13.7. The van der Waals surface area contributed by atoms with Crippen LogP contribution in [-0.4, -0.2) is 27.5 Å². The van der Waals surface area contributed by atoms with Crippen molar-refractivity contribution in [2.45, 2.75) is 6.54 Å². The number of aromatic nitrogens is 2. The molecule has 0 bridgehead atoms. The zero-order valence-corrected chi connectivity index (χ0v) is 11.4. The van der Waals surface area contributed by atoms with Crippen LogP contribution in [0, 0.1) is 11.3 Å². The third-order valence-electron chi connectivity index (χ3n) is 2.35. The van der Waals surface area contributed by atoms with Gasteiger partial charge in [-0.2, -0.15) is 5.26 Å². The smallest absolute Gasteiger partial charge is 0.286 e. The molecule has 0 N–H and O–H groups in total. The molecule has 1 amide bonds. The second-order valence-corrected chi connectivity index (χ2v) is 5.22. The summed E-state index contributed by atoms with van der Waals surface area (Å²) in [6.45, 7) is 0.343. The Morgan fingerprint density at radius 2 is 2.11 bits per heavy atom. The van der Waals surface area contributed by atoms with Gasteiger partial charge in [0.25, 0.3) is 5.91 Å². The summed E-state index contributed by atoms with van der Waals surface area (Å²) in [6, 6.07) is 11.4. The number of amides is 1. The summed E-state index contributed by atoms with van der Waals surface area (Å²) < 4.78 is 0.208. The third kappa shape index (κ3) is 3.50. The van der Waals surface area contributed by atoms with Gasteiger partial charge in [-0.25, -0.2) is 0 Å². The lowest BCUT2D eigenvalue weighted by atomic mass is 10.2. The summed E-state index contributed by atoms with van der Waals surface area (Å²) in [7, 11) is 0. The van der Waals surface area contributed by atoms with Crippen molar-refractivity contribution in [1.82, 2.24) is 15.1 Å². The Hall–Kier alpha value is -1.97. The quantitative estimate of drug-likeness (QED) is 0.811. The molecule has 0 spiro atoms. The molecule has 0 aliphatic heterocycles. The van der Waals surface area contributed by atoms with Gasteiger partial charge in [-0.15, -0.1) is 10.2 Å². The van der Waals surface area contributed by atoms with E-state index in [-0.39, 0.29) is 21.9 Å². The van der Waals surface area contributed by atoms with Crippen molar-refractivity contribution in [3.05, 3.63) is 45.4 Å². The van der Waals surface area contributed by atoms with E-state index in [2.05, 4.69) is 10.2 Å². The summed E-state index contributed by atoms with van der Waals surface area (Å²) in [6.07, 6.45) is 0. The molecule has 96 valence electrons. The predicted molar refractivity (Wildman–Crippen MR) is 71.7 cm³/mol. The van der Waals surface area contributed by atoms with E-state index >= 15 is 0 Å². The van der Waals surface area contributed by atoms with Crippen LogP contribution < -0.4 is 0 Å². The zero-order valence-electron chi connectivity index (χ0n) is 9.78. The molecule has 0 aliphatic carbocycles. The Kier molecular flexibility index (Phi) is 4.44. The standard InChI is InChI=1S/C12H9ClN4OS/c13-12-16-15-10(19-12)11(18)17(7-6-14)8-9-4-2-1-3-5-9/h1-5H,7-8H2. The van der Waals surface area contributed by atoms with Crippen LogP contribution in [0.2, 0.25) is 4.47 Å². The lowest BCUT2D eigenvalue weighted by molar-refractivity contribution is 0.0763. The van der Waals surface area contributed by atoms with Gasteiger partial charge in [-0.3, -0.25) is 4.79 Å². The van der Waals surface area contributed by atoms with Gasteiger partial charge in [-0.05, 0) is 17.2 Å². The van der Waals surface area contributed by atoms with E-state index in [1.807, 2.05) is 36.4 Å². The van der Waals surface area contributed by atoms with Crippen LogP contribution in [0.3, 0.4) is 0 Å². The molecule has 2 aromatic rings. The predicted octanol–water partition coefficient (Wildman–Crippen LogP) is 2.36. The van der Waals surface area contributed by atoms with Crippen LogP contribution >= 0.6 is 22.9 Å². The highest BCUT2D eigenvalue weighted by molar-refractivity contribution is 7.17. The van der Waals surface area contributed by atoms with Crippen LogP contribution in [0.15, 0.2) is 30.3 Å². The summed E-state index contributed by atoms with van der Waals surface area (Å²) in [5.74, 6) is -0.338. The van der Waals surface area contributed by atoms with E-state index in [9.17, 15) is 4.79 Å². The van der Waals surface area contributed by atoms with E-state index < -0.39 is 0 Å². The second-order valence-electron chi connectivity index (χ2n) is 3.67. The molecule has 0 saturated heterocycles. The summed E-state index contributed by atoms with van der Waals surface area (Å²) in [5, 5.41) is 16.3. The topological polar surface area (TPSA) is 69.9 Å². The van der Waals surface area contributed by atoms with Crippen molar-refractivity contribution in [2.24, 2.45) is 0 Å². The van der Waals surface area contributed by atoms with Crippen molar-refractivity contribution in [3.63, 3.8) is 0 Å². The van der Waals surface area contributed by atoms with Gasteiger partial charge in [0.05, 0.1) is 6.07 Å². The van der Waals surface area contributed by atoms with Gasteiger partial charge in [0.1, 0.15) is 6.54 Å². The summed E-state index contributed by atoms with van der Waals surface area (Å²) in [5.41, 5.74) is 0.946. The van der Waals surface area contributed by atoms with Crippen molar-refractivity contribution < 1.29 is 4.79 Å². The Morgan fingerprint density at radius 3 is 2.68 bits per heavy atom. The van der Waals surface area contributed by atoms with Crippen LogP contribution in [-0.2, 0) is 6.54 Å². The first kappa shape index (κ1) is 13.5. The van der Waals surface area contributed by atoms with Gasteiger partial charge in [0.2, 0.25) is 9.47 Å². The number of rotatable bonds is 4. The van der Waals surface area contributed by atoms with Crippen molar-refractivity contribution in [3.8, 4) is 6.07 Å². The number of carbonyl (C=O) groups excluding carboxylic acids is 1. The normalized spacial score (nSPS) is 9.89. The minimum atomic E-state index is -0.338. The van der Waals surface area contributed by atoms with Crippen LogP contribution in [0.5, 0.6) is 0 Å². The SMILES string of the molecule is N#CCN(Cc1ccccc1)C(=O)c1nnc(Cl)s1. The Labute approximate surface area is 119 Å². The highest BCUT2D eigenvalue weighted by Crippen LogP contribution is 2.17. The minimum Gasteiger partial charge on any atom is -0.319 e. The maximum absolute atomic E-state index is 12.2. The number of hydrogen-bond donors (Lipinski definition) is 0. The number of nitrogens with zero attached hydrogens (tertiary/aromatic N) is 4. The molecule has 19 heavy (non-hydrogen) atoms. The molecule has 0 radical (unpaired) electrons. The Balaban J connectivity index is 2.16. The first-order chi connectivity index (χ1) is 9.20. The number of hydrogen-bond acceptors (Lipinski definition) is 5. The maximum Gasteiger partial charge on any atom is 0.286 e. The molecular weight excluding hydrogens is 284 g/mol. The molecule has 7 heteroatoms. The van der Waals surface area contributed by atoms with Crippen molar-refractivity contribution in [2.75, 3.05) is 6.54 Å². The van der Waals surface area contributed by atoms with E-state index in [4.69, 9.17) is 16.9 Å². The molecule has 0 saturated carbocycles. The van der Waals surface area contributed by atoms with Crippen LogP contribution in [0.25, 0.3) is 0 Å². The maximum atomic E-state index is 12.2. The first-order valence-electron chi connectivity index (χ1n) is 5.40. The molecular formula is C12H9ClN4OS. The average Bonchev–Trinajstić information content (AvgIpc) is 2.85. The van der Waals surface area contributed by atoms with E-state index in [0.717, 1.165) is 16.9 Å². The lowest BCUT2D eigenvalue weighted by Crippen LogP contribution is -2.30. The van der Waals surface area contributed by atoms with Gasteiger partial charge < -0.3 is 4.90 Å². The van der Waals surface area contributed by atoms with Crippen LogP contribution in [0.4, 0.5) is 0 Å². The molecule has 0 unspecified atom stereocenters. The van der Waals surface area contributed by atoms with Gasteiger partial charge >= 0.3 is 0 Å². The first-order valence-corrected chi connectivity index (χ1v) is 6.59. The highest BCUT2D eigenvalue weighted by atomic mass is 35.5. The fourth-order valence-electron chi connectivity index (χ4n) is 1.52. The average molecular weight is 293 g/mol. The monoisotopic (exact) mass is 292 g/mol. The molecule has 0 atom stereocenters. The van der Waals surface area contributed by atoms with E-state index in [1.165, 1.54) is 4.90 Å². The van der Waals surface area contributed by atoms with Crippen molar-refractivity contribution in [1.29, 1.82) is 5.26 Å². The highest BCUT2D eigenvalue weighted by Gasteiger charge is 2.20. The van der Waals surface area contributed by atoms with Gasteiger partial charge in [0, 0.05) is 6.54 Å². The molecule has 2 rings (SSSR count). The van der Waals surface area contributed by atoms with Crippen molar-refractivity contribution >= 4 is 28.8 Å². The number of halogens is 1. The Bertz CT molecular complexity index is 608. The Morgan fingerprint density at radius 1 is 1.37 bits per heavy atom. The number of benzene rings is 1. The minimum absolute atomic E-state index is 0.00900. The lowest BCUT2D eigenvalue weighted by Gasteiger charge is -2.17. The fraction of sp³-hybridized carbons (Fsp3) is 0.167. The molecule has 5 nitrogen and oxygen atoms in total. The van der Waals surface area contributed by atoms with Crippen LogP contribution in [0.1, 0.15) is 15.4 Å². The molecule has 0 fully saturated rings. The largest absolute Gasteiger partial charge is 0.319 e. The second kappa shape index (κ2) is 6.27. The number of nitriles is 1. The molecule has 1 aromatic carbocycles. The summed E-state index contributed by atoms with van der Waals surface area (Å²) >= 11 is 6.66. The molecule has 0 aliphatic rings. The fourth-order valence-corrected chi connectivity index (χ4v) is 2.31. The molecule has 1 heterocycles. The van der Waals surface area contributed by atoms with Gasteiger partial charge in [-0.1, -0.05) is 41.7 Å². The van der Waals surface area contributed by atoms with Gasteiger partial charge in [0.15, 0.2) is 0 Å². The number of carbonyl (C=O) groups is 1. The summed E-state index contributed by atoms with van der Waals surface area (Å²) in [4.78, 5) is 13.6.